The van der Waals surface area contributed by atoms with E-state index in [1.165, 1.54) is 6.92 Å². The Labute approximate surface area is 147 Å². The van der Waals surface area contributed by atoms with E-state index in [4.69, 9.17) is 0 Å². The zero-order chi connectivity index (χ0) is 17.8. The van der Waals surface area contributed by atoms with Gasteiger partial charge in [0.05, 0.1) is 12.5 Å². The molecule has 0 unspecified atom stereocenters. The number of fused-ring (bicyclic) bond motifs is 1. The van der Waals surface area contributed by atoms with Gasteiger partial charge in [0.25, 0.3) is 0 Å². The standard InChI is InChI=1S/C19H24N4O2/c1-13-3-5-15(6-4-13)17(21-14(2)24)11-19(25)22-16-7-8-18-20-9-10-23(18)12-16/h3-6,9-10,16-17H,7-8,11-12H2,1-2H3,(H,21,24)(H,22,25)/t16-,17-/m1/s1. The number of carbonyl (C=O) groups is 2. The molecule has 0 saturated heterocycles. The number of hydrogen-bond acceptors (Lipinski definition) is 3. The van der Waals surface area contributed by atoms with Gasteiger partial charge in [-0.2, -0.15) is 0 Å². The molecule has 1 aliphatic heterocycles. The molecule has 0 fully saturated rings. The lowest BCUT2D eigenvalue weighted by atomic mass is 10.0. The maximum Gasteiger partial charge on any atom is 0.222 e. The van der Waals surface area contributed by atoms with Gasteiger partial charge in [-0.05, 0) is 18.9 Å². The van der Waals surface area contributed by atoms with E-state index in [0.29, 0.717) is 0 Å². The maximum atomic E-state index is 12.5. The molecule has 6 heteroatoms. The molecular formula is C19H24N4O2. The Kier molecular flexibility index (Phi) is 5.16. The number of imidazole rings is 1. The Morgan fingerprint density at radius 1 is 1.32 bits per heavy atom. The van der Waals surface area contributed by atoms with Crippen LogP contribution in [-0.2, 0) is 22.6 Å². The molecule has 2 aromatic rings. The van der Waals surface area contributed by atoms with Crippen LogP contribution in [0.25, 0.3) is 0 Å². The number of aryl methyl sites for hydroxylation is 2. The van der Waals surface area contributed by atoms with Crippen molar-refractivity contribution in [3.8, 4) is 0 Å². The molecule has 6 nitrogen and oxygen atoms in total. The van der Waals surface area contributed by atoms with Gasteiger partial charge in [-0.3, -0.25) is 9.59 Å². The Hall–Kier alpha value is -2.63. The van der Waals surface area contributed by atoms with Crippen molar-refractivity contribution in [3.05, 3.63) is 53.6 Å². The first-order valence-electron chi connectivity index (χ1n) is 8.64. The van der Waals surface area contributed by atoms with Gasteiger partial charge < -0.3 is 15.2 Å². The molecule has 2 heterocycles. The van der Waals surface area contributed by atoms with Crippen LogP contribution in [0.2, 0.25) is 0 Å². The summed E-state index contributed by atoms with van der Waals surface area (Å²) >= 11 is 0. The number of carbonyl (C=O) groups excluding carboxylic acids is 2. The summed E-state index contributed by atoms with van der Waals surface area (Å²) in [6, 6.07) is 7.69. The van der Waals surface area contributed by atoms with Crippen LogP contribution < -0.4 is 10.6 Å². The minimum absolute atomic E-state index is 0.0482. The first kappa shape index (κ1) is 17.2. The molecule has 0 saturated carbocycles. The van der Waals surface area contributed by atoms with E-state index in [1.807, 2.05) is 37.4 Å². The largest absolute Gasteiger partial charge is 0.351 e. The number of rotatable bonds is 5. The summed E-state index contributed by atoms with van der Waals surface area (Å²) < 4.78 is 2.08. The summed E-state index contributed by atoms with van der Waals surface area (Å²) in [5, 5.41) is 5.98. The van der Waals surface area contributed by atoms with E-state index in [9.17, 15) is 9.59 Å². The van der Waals surface area contributed by atoms with Crippen molar-refractivity contribution in [1.29, 1.82) is 0 Å². The lowest BCUT2D eigenvalue weighted by Crippen LogP contribution is -2.42. The van der Waals surface area contributed by atoms with Gasteiger partial charge in [0.15, 0.2) is 0 Å². The van der Waals surface area contributed by atoms with Crippen LogP contribution in [-0.4, -0.2) is 27.4 Å². The van der Waals surface area contributed by atoms with Crippen molar-refractivity contribution < 1.29 is 9.59 Å². The van der Waals surface area contributed by atoms with Gasteiger partial charge in [0, 0.05) is 38.3 Å². The van der Waals surface area contributed by atoms with E-state index < -0.39 is 0 Å². The first-order valence-corrected chi connectivity index (χ1v) is 8.64. The number of hydrogen-bond donors (Lipinski definition) is 2. The number of amides is 2. The van der Waals surface area contributed by atoms with Crippen LogP contribution in [0, 0.1) is 6.92 Å². The second-order valence-electron chi connectivity index (χ2n) is 6.67. The summed E-state index contributed by atoms with van der Waals surface area (Å²) in [5.74, 6) is 0.883. The molecule has 0 radical (unpaired) electrons. The third kappa shape index (κ3) is 4.47. The summed E-state index contributed by atoms with van der Waals surface area (Å²) in [6.45, 7) is 4.23. The molecule has 1 aromatic carbocycles. The predicted molar refractivity (Wildman–Crippen MR) is 94.8 cm³/mol. The average Bonchev–Trinajstić information content (AvgIpc) is 3.02. The zero-order valence-electron chi connectivity index (χ0n) is 14.7. The highest BCUT2D eigenvalue weighted by molar-refractivity contribution is 5.79. The normalized spacial score (nSPS) is 17.4. The number of nitrogens with zero attached hydrogens (tertiary/aromatic N) is 2. The highest BCUT2D eigenvalue weighted by Crippen LogP contribution is 2.19. The van der Waals surface area contributed by atoms with Crippen LogP contribution in [0.15, 0.2) is 36.7 Å². The highest BCUT2D eigenvalue weighted by atomic mass is 16.2. The molecule has 2 N–H and O–H groups in total. The predicted octanol–water partition coefficient (Wildman–Crippen LogP) is 1.89. The van der Waals surface area contributed by atoms with Crippen molar-refractivity contribution in [3.63, 3.8) is 0 Å². The van der Waals surface area contributed by atoms with E-state index in [-0.39, 0.29) is 30.3 Å². The van der Waals surface area contributed by atoms with Crippen molar-refractivity contribution in [2.45, 2.75) is 51.7 Å². The summed E-state index contributed by atoms with van der Waals surface area (Å²) in [5.41, 5.74) is 2.09. The molecule has 1 aliphatic rings. The van der Waals surface area contributed by atoms with Gasteiger partial charge in [0.2, 0.25) is 11.8 Å². The lowest BCUT2D eigenvalue weighted by molar-refractivity contribution is -0.123. The van der Waals surface area contributed by atoms with Crippen molar-refractivity contribution in [1.82, 2.24) is 20.2 Å². The molecule has 2 atom stereocenters. The van der Waals surface area contributed by atoms with Crippen molar-refractivity contribution in [2.24, 2.45) is 0 Å². The molecule has 3 rings (SSSR count). The molecule has 2 amide bonds. The third-order valence-electron chi connectivity index (χ3n) is 4.55. The number of benzene rings is 1. The molecule has 0 bridgehead atoms. The minimum atomic E-state index is -0.314. The topological polar surface area (TPSA) is 76.0 Å². The number of aromatic nitrogens is 2. The van der Waals surface area contributed by atoms with E-state index in [1.54, 1.807) is 6.20 Å². The molecule has 25 heavy (non-hydrogen) atoms. The molecule has 1 aromatic heterocycles. The molecular weight excluding hydrogens is 316 g/mol. The third-order valence-corrected chi connectivity index (χ3v) is 4.55. The monoisotopic (exact) mass is 340 g/mol. The smallest absolute Gasteiger partial charge is 0.222 e. The summed E-state index contributed by atoms with van der Waals surface area (Å²) in [6.07, 6.45) is 5.73. The Morgan fingerprint density at radius 3 is 2.80 bits per heavy atom. The van der Waals surface area contributed by atoms with Gasteiger partial charge in [-0.15, -0.1) is 0 Å². The van der Waals surface area contributed by atoms with Crippen molar-refractivity contribution >= 4 is 11.8 Å². The molecule has 132 valence electrons. The zero-order valence-corrected chi connectivity index (χ0v) is 14.7. The summed E-state index contributed by atoms with van der Waals surface area (Å²) in [4.78, 5) is 28.3. The van der Waals surface area contributed by atoms with E-state index >= 15 is 0 Å². The lowest BCUT2D eigenvalue weighted by Gasteiger charge is -2.26. The number of nitrogens with one attached hydrogen (secondary N) is 2. The second kappa shape index (κ2) is 7.51. The van der Waals surface area contributed by atoms with Gasteiger partial charge in [0.1, 0.15) is 5.82 Å². The van der Waals surface area contributed by atoms with Gasteiger partial charge in [-0.1, -0.05) is 29.8 Å². The molecule has 0 spiro atoms. The van der Waals surface area contributed by atoms with Crippen LogP contribution in [0.5, 0.6) is 0 Å². The van der Waals surface area contributed by atoms with Crippen LogP contribution in [0.3, 0.4) is 0 Å². The first-order chi connectivity index (χ1) is 12.0. The SMILES string of the molecule is CC(=O)N[C@H](CC(=O)N[C@@H]1CCc2nccn2C1)c1ccc(C)cc1. The van der Waals surface area contributed by atoms with Gasteiger partial charge in [-0.25, -0.2) is 4.98 Å². The van der Waals surface area contributed by atoms with Crippen LogP contribution in [0.4, 0.5) is 0 Å². The fourth-order valence-corrected chi connectivity index (χ4v) is 3.25. The molecule has 0 aliphatic carbocycles. The minimum Gasteiger partial charge on any atom is -0.351 e. The van der Waals surface area contributed by atoms with Crippen LogP contribution >= 0.6 is 0 Å². The Balaban J connectivity index is 1.62. The maximum absolute atomic E-state index is 12.5. The average molecular weight is 340 g/mol. The Morgan fingerprint density at radius 2 is 2.08 bits per heavy atom. The van der Waals surface area contributed by atoms with Crippen LogP contribution in [0.1, 0.15) is 42.8 Å². The Bertz CT molecular complexity index is 751. The summed E-state index contributed by atoms with van der Waals surface area (Å²) in [7, 11) is 0. The second-order valence-corrected chi connectivity index (χ2v) is 6.67. The highest BCUT2D eigenvalue weighted by Gasteiger charge is 2.23. The fourth-order valence-electron chi connectivity index (χ4n) is 3.25. The van der Waals surface area contributed by atoms with E-state index in [2.05, 4.69) is 20.2 Å². The quantitative estimate of drug-likeness (QED) is 0.873. The van der Waals surface area contributed by atoms with Gasteiger partial charge >= 0.3 is 0 Å². The fraction of sp³-hybridized carbons (Fsp3) is 0.421. The van der Waals surface area contributed by atoms with E-state index in [0.717, 1.165) is 36.3 Å². The van der Waals surface area contributed by atoms with Crippen molar-refractivity contribution in [2.75, 3.05) is 0 Å².